The molecule has 0 spiro atoms. The van der Waals surface area contributed by atoms with Gasteiger partial charge < -0.3 is 20.5 Å². The summed E-state index contributed by atoms with van der Waals surface area (Å²) in [5.41, 5.74) is 4.01. The molecule has 1 aliphatic carbocycles. The average Bonchev–Trinajstić information content (AvgIpc) is 3.11. The van der Waals surface area contributed by atoms with Gasteiger partial charge in [0.2, 0.25) is 11.9 Å². The summed E-state index contributed by atoms with van der Waals surface area (Å²) in [5, 5.41) is 12.6. The Bertz CT molecular complexity index is 1010. The molecule has 2 amide bonds. The van der Waals surface area contributed by atoms with Crippen LogP contribution in [0.3, 0.4) is 0 Å². The van der Waals surface area contributed by atoms with Crippen LogP contribution in [-0.4, -0.2) is 47.9 Å². The summed E-state index contributed by atoms with van der Waals surface area (Å²) in [5.74, 6) is -3.72. The first-order valence-corrected chi connectivity index (χ1v) is 10.8. The molecule has 0 fully saturated rings. The summed E-state index contributed by atoms with van der Waals surface area (Å²) in [6.45, 7) is 1.76. The minimum Gasteiger partial charge on any atom is -0.479 e. The number of carbonyl (C=O) groups is 3. The molecule has 2 aromatic carbocycles. The molecule has 182 valence electrons. The molecule has 1 unspecified atom stereocenters. The maximum Gasteiger partial charge on any atom is 0.419 e. The molecule has 2 atom stereocenters. The SMILES string of the molecule is CCCC[C@H](NC(=O)OCC1c2ccccc2-c2ccccc21)C(=O)NC(C(=O)O)C(F)(F)F. The van der Waals surface area contributed by atoms with Crippen LogP contribution in [0.15, 0.2) is 48.5 Å². The summed E-state index contributed by atoms with van der Waals surface area (Å²) in [4.78, 5) is 35.8. The molecule has 0 bridgehead atoms. The fourth-order valence-electron chi connectivity index (χ4n) is 3.99. The standard InChI is InChI=1S/C24H25F3N2O5/c1-2-3-12-19(21(30)29-20(22(31)32)24(25,26)27)28-23(33)34-13-18-16-10-6-4-8-14(16)15-9-5-7-11-17(15)18/h4-11,18-20H,2-3,12-13H2,1H3,(H,28,33)(H,29,30)(H,31,32)/t19-,20?/m0/s1. The maximum absolute atomic E-state index is 12.9. The quantitative estimate of drug-likeness (QED) is 0.501. The number of fused-ring (bicyclic) bond motifs is 3. The number of unbranched alkanes of at least 4 members (excludes halogenated alkanes) is 1. The third kappa shape index (κ3) is 5.67. The van der Waals surface area contributed by atoms with E-state index in [4.69, 9.17) is 9.84 Å². The maximum atomic E-state index is 12.9. The highest BCUT2D eigenvalue weighted by Gasteiger charge is 2.47. The third-order valence-corrected chi connectivity index (χ3v) is 5.66. The zero-order chi connectivity index (χ0) is 24.9. The Balaban J connectivity index is 1.67. The number of aliphatic carboxylic acids is 1. The van der Waals surface area contributed by atoms with Gasteiger partial charge in [0.1, 0.15) is 12.6 Å². The second kappa shape index (κ2) is 10.6. The van der Waals surface area contributed by atoms with Crippen LogP contribution >= 0.6 is 0 Å². The Hall–Kier alpha value is -3.56. The number of amides is 2. The molecule has 1 aliphatic rings. The van der Waals surface area contributed by atoms with Crippen LogP contribution in [0.5, 0.6) is 0 Å². The normalized spacial score (nSPS) is 14.5. The Labute approximate surface area is 194 Å². The Kier molecular flexibility index (Phi) is 7.80. The average molecular weight is 478 g/mol. The van der Waals surface area contributed by atoms with Crippen LogP contribution in [0.25, 0.3) is 11.1 Å². The van der Waals surface area contributed by atoms with Gasteiger partial charge in [-0.3, -0.25) is 4.79 Å². The van der Waals surface area contributed by atoms with Crippen LogP contribution in [-0.2, 0) is 14.3 Å². The topological polar surface area (TPSA) is 105 Å². The van der Waals surface area contributed by atoms with Crippen molar-refractivity contribution in [3.8, 4) is 11.1 Å². The predicted octanol–water partition coefficient (Wildman–Crippen LogP) is 4.22. The lowest BCUT2D eigenvalue weighted by Gasteiger charge is -2.23. The Morgan fingerprint density at radius 2 is 1.56 bits per heavy atom. The number of rotatable bonds is 9. The van der Waals surface area contributed by atoms with Gasteiger partial charge in [0.05, 0.1) is 0 Å². The van der Waals surface area contributed by atoms with E-state index >= 15 is 0 Å². The summed E-state index contributed by atoms with van der Waals surface area (Å²) in [6.07, 6.45) is -5.10. The molecule has 0 saturated carbocycles. The number of carboxylic acid groups (broad SMARTS) is 1. The van der Waals surface area contributed by atoms with Gasteiger partial charge in [-0.15, -0.1) is 0 Å². The van der Waals surface area contributed by atoms with Gasteiger partial charge in [0.25, 0.3) is 0 Å². The summed E-state index contributed by atoms with van der Waals surface area (Å²) in [6, 6.07) is 10.9. The zero-order valence-corrected chi connectivity index (χ0v) is 18.4. The highest BCUT2D eigenvalue weighted by atomic mass is 19.4. The molecule has 3 N–H and O–H groups in total. The van der Waals surface area contributed by atoms with E-state index < -0.39 is 36.2 Å². The van der Waals surface area contributed by atoms with Crippen LogP contribution in [0.2, 0.25) is 0 Å². The van der Waals surface area contributed by atoms with Crippen LogP contribution in [0.4, 0.5) is 18.0 Å². The first-order chi connectivity index (χ1) is 16.1. The van der Waals surface area contributed by atoms with E-state index in [1.54, 1.807) is 6.92 Å². The van der Waals surface area contributed by atoms with Crippen molar-refractivity contribution in [2.75, 3.05) is 6.61 Å². The van der Waals surface area contributed by atoms with Crippen LogP contribution < -0.4 is 10.6 Å². The molecule has 0 aliphatic heterocycles. The first kappa shape index (κ1) is 25.1. The largest absolute Gasteiger partial charge is 0.479 e. The lowest BCUT2D eigenvalue weighted by Crippen LogP contribution is -2.56. The van der Waals surface area contributed by atoms with Crippen molar-refractivity contribution >= 4 is 18.0 Å². The molecule has 0 radical (unpaired) electrons. The highest BCUT2D eigenvalue weighted by molar-refractivity contribution is 5.89. The highest BCUT2D eigenvalue weighted by Crippen LogP contribution is 2.44. The van der Waals surface area contributed by atoms with Gasteiger partial charge in [-0.1, -0.05) is 68.3 Å². The molecule has 10 heteroatoms. The van der Waals surface area contributed by atoms with E-state index in [-0.39, 0.29) is 18.9 Å². The van der Waals surface area contributed by atoms with E-state index in [0.717, 1.165) is 22.3 Å². The third-order valence-electron chi connectivity index (χ3n) is 5.66. The van der Waals surface area contributed by atoms with Gasteiger partial charge >= 0.3 is 18.2 Å². The molecule has 0 aromatic heterocycles. The summed E-state index contributed by atoms with van der Waals surface area (Å²) in [7, 11) is 0. The minimum absolute atomic E-state index is 0.0245. The fraction of sp³-hybridized carbons (Fsp3) is 0.375. The number of hydrogen-bond donors (Lipinski definition) is 3. The number of carbonyl (C=O) groups excluding carboxylic acids is 2. The number of alkyl carbamates (subject to hydrolysis) is 1. The van der Waals surface area contributed by atoms with Gasteiger partial charge in [0.15, 0.2) is 0 Å². The lowest BCUT2D eigenvalue weighted by molar-refractivity contribution is -0.182. The van der Waals surface area contributed by atoms with E-state index in [1.165, 1.54) is 5.32 Å². The zero-order valence-electron chi connectivity index (χ0n) is 18.4. The molecule has 2 aromatic rings. The second-order valence-corrected chi connectivity index (χ2v) is 7.99. The van der Waals surface area contributed by atoms with E-state index in [9.17, 15) is 27.6 Å². The number of alkyl halides is 3. The van der Waals surface area contributed by atoms with E-state index in [0.29, 0.717) is 12.8 Å². The summed E-state index contributed by atoms with van der Waals surface area (Å²) < 4.78 is 44.2. The predicted molar refractivity (Wildman–Crippen MR) is 117 cm³/mol. The molecular weight excluding hydrogens is 453 g/mol. The lowest BCUT2D eigenvalue weighted by atomic mass is 9.98. The molecule has 0 heterocycles. The number of halogens is 3. The Morgan fingerprint density at radius 1 is 1.00 bits per heavy atom. The molecular formula is C24H25F3N2O5. The van der Waals surface area contributed by atoms with E-state index in [2.05, 4.69) is 5.32 Å². The molecule has 34 heavy (non-hydrogen) atoms. The second-order valence-electron chi connectivity index (χ2n) is 7.99. The molecule has 3 rings (SSSR count). The van der Waals surface area contributed by atoms with Gasteiger partial charge in [-0.05, 0) is 28.7 Å². The number of nitrogens with one attached hydrogen (secondary N) is 2. The smallest absolute Gasteiger partial charge is 0.419 e. The van der Waals surface area contributed by atoms with Crippen molar-refractivity contribution in [2.45, 2.75) is 50.4 Å². The van der Waals surface area contributed by atoms with Crippen molar-refractivity contribution in [1.29, 1.82) is 0 Å². The van der Waals surface area contributed by atoms with Crippen molar-refractivity contribution < 1.29 is 37.4 Å². The monoisotopic (exact) mass is 478 g/mol. The van der Waals surface area contributed by atoms with E-state index in [1.807, 2.05) is 48.5 Å². The number of benzene rings is 2. The number of hydrogen-bond acceptors (Lipinski definition) is 4. The summed E-state index contributed by atoms with van der Waals surface area (Å²) >= 11 is 0. The van der Waals surface area contributed by atoms with Crippen molar-refractivity contribution in [3.05, 3.63) is 59.7 Å². The van der Waals surface area contributed by atoms with Gasteiger partial charge in [-0.25, -0.2) is 9.59 Å². The van der Waals surface area contributed by atoms with Crippen molar-refractivity contribution in [1.82, 2.24) is 10.6 Å². The van der Waals surface area contributed by atoms with Crippen molar-refractivity contribution in [3.63, 3.8) is 0 Å². The Morgan fingerprint density at radius 3 is 2.06 bits per heavy atom. The number of ether oxygens (including phenoxy) is 1. The molecule has 7 nitrogen and oxygen atoms in total. The molecule has 0 saturated heterocycles. The van der Waals surface area contributed by atoms with Gasteiger partial charge in [-0.2, -0.15) is 13.2 Å². The van der Waals surface area contributed by atoms with Crippen molar-refractivity contribution in [2.24, 2.45) is 0 Å². The van der Waals surface area contributed by atoms with Crippen LogP contribution in [0.1, 0.15) is 43.2 Å². The minimum atomic E-state index is -5.18. The first-order valence-electron chi connectivity index (χ1n) is 10.8. The fourth-order valence-corrected chi connectivity index (χ4v) is 3.99. The van der Waals surface area contributed by atoms with Crippen LogP contribution in [0, 0.1) is 0 Å². The van der Waals surface area contributed by atoms with Gasteiger partial charge in [0, 0.05) is 5.92 Å². The number of carboxylic acids is 1.